The van der Waals surface area contributed by atoms with Gasteiger partial charge in [0.1, 0.15) is 5.75 Å². The number of phenolic OH excluding ortho intramolecular Hbond substituents is 1. The van der Waals surface area contributed by atoms with Crippen LogP contribution in [0.5, 0.6) is 11.5 Å². The molecule has 2 nitrogen and oxygen atoms in total. The summed E-state index contributed by atoms with van der Waals surface area (Å²) in [7, 11) is 0. The van der Waals surface area contributed by atoms with Crippen LogP contribution in [0, 0.1) is 5.82 Å². The van der Waals surface area contributed by atoms with Crippen molar-refractivity contribution in [3.05, 3.63) is 59.4 Å². The molecule has 2 rings (SSSR count). The highest BCUT2D eigenvalue weighted by Gasteiger charge is 2.02. The van der Waals surface area contributed by atoms with Crippen molar-refractivity contribution in [2.24, 2.45) is 0 Å². The summed E-state index contributed by atoms with van der Waals surface area (Å²) in [5.41, 5.74) is 2.06. The standard InChI is InChI=1S/C16H17FO2/c1-2-19-14-8-5-12(6-9-14)3-4-13-7-10-16(18)15(17)11-13/h5-11,18H,2-4H2,1H3. The van der Waals surface area contributed by atoms with E-state index in [1.165, 1.54) is 17.7 Å². The number of rotatable bonds is 5. The maximum Gasteiger partial charge on any atom is 0.165 e. The first-order chi connectivity index (χ1) is 9.19. The number of aromatic hydroxyl groups is 1. The van der Waals surface area contributed by atoms with Gasteiger partial charge in [0.15, 0.2) is 11.6 Å². The molecule has 1 N–H and O–H groups in total. The van der Waals surface area contributed by atoms with E-state index >= 15 is 0 Å². The number of benzene rings is 2. The molecule has 0 saturated carbocycles. The molecular weight excluding hydrogens is 243 g/mol. The zero-order valence-corrected chi connectivity index (χ0v) is 10.9. The first kappa shape index (κ1) is 13.4. The molecule has 100 valence electrons. The van der Waals surface area contributed by atoms with Crippen LogP contribution < -0.4 is 4.74 Å². The minimum atomic E-state index is -0.566. The van der Waals surface area contributed by atoms with Crippen molar-refractivity contribution in [1.82, 2.24) is 0 Å². The lowest BCUT2D eigenvalue weighted by molar-refractivity contribution is 0.340. The summed E-state index contributed by atoms with van der Waals surface area (Å²) < 4.78 is 18.6. The largest absolute Gasteiger partial charge is 0.505 e. The van der Waals surface area contributed by atoms with Crippen LogP contribution in [0.2, 0.25) is 0 Å². The van der Waals surface area contributed by atoms with Crippen molar-refractivity contribution in [2.75, 3.05) is 6.61 Å². The second-order valence-electron chi connectivity index (χ2n) is 4.36. The van der Waals surface area contributed by atoms with Gasteiger partial charge in [0.2, 0.25) is 0 Å². The van der Waals surface area contributed by atoms with Gasteiger partial charge < -0.3 is 9.84 Å². The third-order valence-electron chi connectivity index (χ3n) is 2.95. The third kappa shape index (κ3) is 3.71. The van der Waals surface area contributed by atoms with Crippen molar-refractivity contribution < 1.29 is 14.2 Å². The van der Waals surface area contributed by atoms with Gasteiger partial charge >= 0.3 is 0 Å². The molecule has 0 spiro atoms. The van der Waals surface area contributed by atoms with E-state index in [4.69, 9.17) is 9.84 Å². The summed E-state index contributed by atoms with van der Waals surface area (Å²) in [5, 5.41) is 9.12. The average molecular weight is 260 g/mol. The molecule has 0 atom stereocenters. The van der Waals surface area contributed by atoms with Crippen molar-refractivity contribution in [3.63, 3.8) is 0 Å². The van der Waals surface area contributed by atoms with Crippen LogP contribution in [0.25, 0.3) is 0 Å². The van der Waals surface area contributed by atoms with Crippen molar-refractivity contribution >= 4 is 0 Å². The number of halogens is 1. The number of phenols is 1. The number of hydrogen-bond donors (Lipinski definition) is 1. The maximum absolute atomic E-state index is 13.2. The monoisotopic (exact) mass is 260 g/mol. The van der Waals surface area contributed by atoms with E-state index in [1.807, 2.05) is 31.2 Å². The Morgan fingerprint density at radius 2 is 1.63 bits per heavy atom. The minimum absolute atomic E-state index is 0.301. The summed E-state index contributed by atoms with van der Waals surface area (Å²) in [6.07, 6.45) is 1.57. The fourth-order valence-corrected chi connectivity index (χ4v) is 1.91. The van der Waals surface area contributed by atoms with Gasteiger partial charge in [-0.3, -0.25) is 0 Å². The van der Waals surface area contributed by atoms with Gasteiger partial charge in [-0.25, -0.2) is 4.39 Å². The highest BCUT2D eigenvalue weighted by atomic mass is 19.1. The lowest BCUT2D eigenvalue weighted by atomic mass is 10.0. The number of ether oxygens (including phenoxy) is 1. The Kier molecular flexibility index (Phi) is 4.39. The molecule has 0 aliphatic carbocycles. The normalized spacial score (nSPS) is 10.4. The molecule has 0 bridgehead atoms. The zero-order chi connectivity index (χ0) is 13.7. The van der Waals surface area contributed by atoms with E-state index in [1.54, 1.807) is 6.07 Å². The van der Waals surface area contributed by atoms with Gasteiger partial charge in [-0.1, -0.05) is 18.2 Å². The van der Waals surface area contributed by atoms with Gasteiger partial charge in [0.05, 0.1) is 6.61 Å². The SMILES string of the molecule is CCOc1ccc(CCc2ccc(O)c(F)c2)cc1. The topological polar surface area (TPSA) is 29.5 Å². The fourth-order valence-electron chi connectivity index (χ4n) is 1.91. The molecule has 0 unspecified atom stereocenters. The molecule has 3 heteroatoms. The number of aryl methyl sites for hydroxylation is 2. The van der Waals surface area contributed by atoms with E-state index in [0.29, 0.717) is 6.61 Å². The van der Waals surface area contributed by atoms with Crippen LogP contribution in [0.1, 0.15) is 18.1 Å². The highest BCUT2D eigenvalue weighted by molar-refractivity contribution is 5.30. The Bertz CT molecular complexity index is 535. The van der Waals surface area contributed by atoms with Crippen molar-refractivity contribution in [1.29, 1.82) is 0 Å². The van der Waals surface area contributed by atoms with Gasteiger partial charge in [0.25, 0.3) is 0 Å². The van der Waals surface area contributed by atoms with Crippen LogP contribution in [0.3, 0.4) is 0 Å². The second-order valence-corrected chi connectivity index (χ2v) is 4.36. The van der Waals surface area contributed by atoms with Crippen molar-refractivity contribution in [3.8, 4) is 11.5 Å². The van der Waals surface area contributed by atoms with E-state index in [9.17, 15) is 4.39 Å². The van der Waals surface area contributed by atoms with E-state index in [-0.39, 0.29) is 5.75 Å². The lowest BCUT2D eigenvalue weighted by Gasteiger charge is -2.06. The highest BCUT2D eigenvalue weighted by Crippen LogP contribution is 2.18. The summed E-state index contributed by atoms with van der Waals surface area (Å²) in [6.45, 7) is 2.61. The van der Waals surface area contributed by atoms with Crippen molar-refractivity contribution in [2.45, 2.75) is 19.8 Å². The smallest absolute Gasteiger partial charge is 0.165 e. The van der Waals surface area contributed by atoms with Gasteiger partial charge in [-0.2, -0.15) is 0 Å². The Morgan fingerprint density at radius 1 is 1.00 bits per heavy atom. The average Bonchev–Trinajstić information content (AvgIpc) is 2.42. The molecule has 0 aromatic heterocycles. The molecule has 0 amide bonds. The Hall–Kier alpha value is -2.03. The second kappa shape index (κ2) is 6.23. The molecule has 2 aromatic rings. The molecule has 19 heavy (non-hydrogen) atoms. The molecule has 2 aromatic carbocycles. The van der Waals surface area contributed by atoms with E-state index < -0.39 is 5.82 Å². The summed E-state index contributed by atoms with van der Waals surface area (Å²) in [4.78, 5) is 0. The van der Waals surface area contributed by atoms with Crippen LogP contribution in [-0.2, 0) is 12.8 Å². The van der Waals surface area contributed by atoms with Crippen LogP contribution in [-0.4, -0.2) is 11.7 Å². The molecular formula is C16H17FO2. The van der Waals surface area contributed by atoms with E-state index in [2.05, 4.69) is 0 Å². The summed E-state index contributed by atoms with van der Waals surface area (Å²) >= 11 is 0. The number of hydrogen-bond acceptors (Lipinski definition) is 2. The quantitative estimate of drug-likeness (QED) is 0.888. The zero-order valence-electron chi connectivity index (χ0n) is 10.9. The van der Waals surface area contributed by atoms with Gasteiger partial charge in [-0.15, -0.1) is 0 Å². The van der Waals surface area contributed by atoms with Gasteiger partial charge in [0, 0.05) is 0 Å². The molecule has 0 saturated heterocycles. The summed E-state index contributed by atoms with van der Waals surface area (Å²) in [5.74, 6) is -0.00376. The molecule has 0 heterocycles. The Labute approximate surface area is 112 Å². The van der Waals surface area contributed by atoms with Crippen LogP contribution >= 0.6 is 0 Å². The molecule has 0 fully saturated rings. The lowest BCUT2D eigenvalue weighted by Crippen LogP contribution is -1.94. The third-order valence-corrected chi connectivity index (χ3v) is 2.95. The van der Waals surface area contributed by atoms with E-state index in [0.717, 1.165) is 24.2 Å². The van der Waals surface area contributed by atoms with Crippen LogP contribution in [0.15, 0.2) is 42.5 Å². The first-order valence-electron chi connectivity index (χ1n) is 6.38. The summed E-state index contributed by atoms with van der Waals surface area (Å²) in [6, 6.07) is 12.4. The predicted octanol–water partition coefficient (Wildman–Crippen LogP) is 3.72. The molecule has 0 aliphatic heterocycles. The Morgan fingerprint density at radius 3 is 2.26 bits per heavy atom. The fraction of sp³-hybridized carbons (Fsp3) is 0.250. The Balaban J connectivity index is 1.96. The van der Waals surface area contributed by atoms with Gasteiger partial charge in [-0.05, 0) is 55.2 Å². The molecule has 0 radical (unpaired) electrons. The molecule has 0 aliphatic rings. The van der Waals surface area contributed by atoms with Crippen LogP contribution in [0.4, 0.5) is 4.39 Å². The predicted molar refractivity (Wildman–Crippen MR) is 73.1 cm³/mol. The minimum Gasteiger partial charge on any atom is -0.505 e. The first-order valence-corrected chi connectivity index (χ1v) is 6.38. The maximum atomic E-state index is 13.2.